The molecule has 0 saturated heterocycles. The van der Waals surface area contributed by atoms with Crippen LogP contribution in [-0.2, 0) is 4.79 Å². The molecule has 1 aromatic carbocycles. The zero-order valence-electron chi connectivity index (χ0n) is 18.5. The van der Waals surface area contributed by atoms with Crippen molar-refractivity contribution in [3.63, 3.8) is 0 Å². The van der Waals surface area contributed by atoms with E-state index in [9.17, 15) is 4.79 Å². The number of hydrogen-bond acceptors (Lipinski definition) is 2. The standard InChI is InChI=1S/C24H32O3.Na.H/c1-2-8-20(17-23(25)26)19-10-12-22(13-11-19)27-18-21-9-4-7-16-24(21)14-5-3-6-15-24;;/h10-13,20-21H,3-7,9,14-18H2,1H3,(H,25,26);;/q;+1;-1/t20-,21?;;/m0../s1. The van der Waals surface area contributed by atoms with E-state index in [0.29, 0.717) is 11.3 Å². The van der Waals surface area contributed by atoms with Gasteiger partial charge in [-0.15, -0.1) is 5.92 Å². The molecule has 1 unspecified atom stereocenters. The number of rotatable bonds is 6. The van der Waals surface area contributed by atoms with Crippen LogP contribution in [0.3, 0.4) is 0 Å². The Bertz CT molecular complexity index is 678. The third-order valence-electron chi connectivity index (χ3n) is 6.62. The van der Waals surface area contributed by atoms with Crippen LogP contribution in [0, 0.1) is 23.2 Å². The van der Waals surface area contributed by atoms with Crippen LogP contribution in [0.1, 0.15) is 84.0 Å². The maximum Gasteiger partial charge on any atom is 1.00 e. The van der Waals surface area contributed by atoms with E-state index in [4.69, 9.17) is 9.84 Å². The number of carboxylic acid groups (broad SMARTS) is 1. The van der Waals surface area contributed by atoms with Gasteiger partial charge in [-0.3, -0.25) is 4.79 Å². The number of carboxylic acids is 1. The van der Waals surface area contributed by atoms with Gasteiger partial charge in [0.1, 0.15) is 5.75 Å². The van der Waals surface area contributed by atoms with Crippen molar-refractivity contribution < 1.29 is 45.6 Å². The largest absolute Gasteiger partial charge is 1.00 e. The van der Waals surface area contributed by atoms with Crippen molar-refractivity contribution in [1.82, 2.24) is 0 Å². The van der Waals surface area contributed by atoms with Crippen molar-refractivity contribution in [3.8, 4) is 17.6 Å². The molecular weight excluding hydrogens is 359 g/mol. The smallest absolute Gasteiger partial charge is 1.00 e. The summed E-state index contributed by atoms with van der Waals surface area (Å²) < 4.78 is 6.20. The first-order chi connectivity index (χ1) is 13.1. The van der Waals surface area contributed by atoms with Gasteiger partial charge in [-0.05, 0) is 61.6 Å². The predicted octanol–water partition coefficient (Wildman–Crippen LogP) is 2.90. The van der Waals surface area contributed by atoms with E-state index in [-0.39, 0.29) is 43.3 Å². The summed E-state index contributed by atoms with van der Waals surface area (Å²) in [6.45, 7) is 2.56. The van der Waals surface area contributed by atoms with Crippen molar-refractivity contribution in [3.05, 3.63) is 29.8 Å². The monoisotopic (exact) mass is 392 g/mol. The minimum Gasteiger partial charge on any atom is -1.00 e. The molecule has 1 N–H and O–H groups in total. The van der Waals surface area contributed by atoms with Gasteiger partial charge in [0.05, 0.1) is 18.9 Å². The van der Waals surface area contributed by atoms with E-state index in [2.05, 4.69) is 11.8 Å². The molecule has 3 rings (SSSR count). The summed E-state index contributed by atoms with van der Waals surface area (Å²) in [5.74, 6) is 6.32. The molecule has 148 valence electrons. The molecule has 28 heavy (non-hydrogen) atoms. The Kier molecular flexibility index (Phi) is 9.41. The first kappa shape index (κ1) is 23.3. The van der Waals surface area contributed by atoms with Crippen molar-refractivity contribution in [2.75, 3.05) is 6.61 Å². The Morgan fingerprint density at radius 3 is 2.43 bits per heavy atom. The maximum atomic E-state index is 11.1. The number of benzene rings is 1. The predicted molar refractivity (Wildman–Crippen MR) is 109 cm³/mol. The van der Waals surface area contributed by atoms with Crippen LogP contribution >= 0.6 is 0 Å². The average molecular weight is 393 g/mol. The molecule has 4 heteroatoms. The van der Waals surface area contributed by atoms with E-state index in [1.807, 2.05) is 24.3 Å². The molecule has 2 atom stereocenters. The topological polar surface area (TPSA) is 46.5 Å². The van der Waals surface area contributed by atoms with Gasteiger partial charge in [0.15, 0.2) is 0 Å². The van der Waals surface area contributed by atoms with Crippen molar-refractivity contribution in [2.45, 2.75) is 77.0 Å². The quantitative estimate of drug-likeness (QED) is 0.598. The molecule has 2 aliphatic rings. The first-order valence-electron chi connectivity index (χ1n) is 10.5. The van der Waals surface area contributed by atoms with Gasteiger partial charge in [0.25, 0.3) is 0 Å². The fourth-order valence-electron chi connectivity index (χ4n) is 5.15. The number of ether oxygens (including phenoxy) is 1. The second-order valence-electron chi connectivity index (χ2n) is 8.29. The Hall–Kier alpha value is -0.950. The summed E-state index contributed by atoms with van der Waals surface area (Å²) in [6, 6.07) is 7.87. The van der Waals surface area contributed by atoms with Crippen molar-refractivity contribution >= 4 is 5.97 Å². The van der Waals surface area contributed by atoms with Gasteiger partial charge in [-0.2, -0.15) is 0 Å². The zero-order chi connectivity index (χ0) is 19.1. The van der Waals surface area contributed by atoms with Gasteiger partial charge in [-0.1, -0.05) is 50.2 Å². The van der Waals surface area contributed by atoms with Crippen molar-refractivity contribution in [1.29, 1.82) is 0 Å². The summed E-state index contributed by atoms with van der Waals surface area (Å²) in [4.78, 5) is 11.1. The Morgan fingerprint density at radius 2 is 1.82 bits per heavy atom. The zero-order valence-corrected chi connectivity index (χ0v) is 19.5. The molecule has 1 aromatic rings. The molecule has 0 amide bonds. The van der Waals surface area contributed by atoms with Crippen LogP contribution in [0.4, 0.5) is 0 Å². The second-order valence-corrected chi connectivity index (χ2v) is 8.29. The third-order valence-corrected chi connectivity index (χ3v) is 6.62. The van der Waals surface area contributed by atoms with E-state index < -0.39 is 5.97 Å². The van der Waals surface area contributed by atoms with Crippen LogP contribution in [-0.4, -0.2) is 17.7 Å². The van der Waals surface area contributed by atoms with Crippen LogP contribution in [0.5, 0.6) is 5.75 Å². The van der Waals surface area contributed by atoms with Gasteiger partial charge in [0, 0.05) is 0 Å². The summed E-state index contributed by atoms with van der Waals surface area (Å²) in [5, 5.41) is 9.08. The molecule has 0 aliphatic heterocycles. The van der Waals surface area contributed by atoms with Crippen LogP contribution < -0.4 is 34.3 Å². The van der Waals surface area contributed by atoms with E-state index in [0.717, 1.165) is 17.9 Å². The van der Waals surface area contributed by atoms with Gasteiger partial charge < -0.3 is 11.3 Å². The molecular formula is C24H33NaO3. The SMILES string of the molecule is CC#C[C@@H](CC(=O)O)c1ccc(OCC2CCCCC23CCCCC3)cc1.[H-].[Na+]. The molecule has 0 radical (unpaired) electrons. The summed E-state index contributed by atoms with van der Waals surface area (Å²) in [7, 11) is 0. The second kappa shape index (κ2) is 11.3. The van der Waals surface area contributed by atoms with Gasteiger partial charge in [-0.25, -0.2) is 0 Å². The van der Waals surface area contributed by atoms with E-state index in [1.165, 1.54) is 57.8 Å². The Labute approximate surface area is 193 Å². The maximum absolute atomic E-state index is 11.1. The Morgan fingerprint density at radius 1 is 1.18 bits per heavy atom. The van der Waals surface area contributed by atoms with Crippen LogP contribution in [0.15, 0.2) is 24.3 Å². The summed E-state index contributed by atoms with van der Waals surface area (Å²) in [6.07, 6.45) is 12.4. The average Bonchev–Trinajstić information content (AvgIpc) is 2.68. The molecule has 0 heterocycles. The first-order valence-corrected chi connectivity index (χ1v) is 10.5. The number of hydrogen-bond donors (Lipinski definition) is 1. The third kappa shape index (κ3) is 6.02. The normalized spacial score (nSPS) is 21.7. The summed E-state index contributed by atoms with van der Waals surface area (Å²) in [5.41, 5.74) is 1.47. The van der Waals surface area contributed by atoms with E-state index in [1.54, 1.807) is 6.92 Å². The molecule has 3 nitrogen and oxygen atoms in total. The molecule has 0 bridgehead atoms. The van der Waals surface area contributed by atoms with Crippen molar-refractivity contribution in [2.24, 2.45) is 11.3 Å². The summed E-state index contributed by atoms with van der Waals surface area (Å²) >= 11 is 0. The molecule has 0 aromatic heterocycles. The number of carbonyl (C=O) groups is 1. The minimum absolute atomic E-state index is 0. The molecule has 2 saturated carbocycles. The fourth-order valence-corrected chi connectivity index (χ4v) is 5.15. The molecule has 2 aliphatic carbocycles. The fraction of sp³-hybridized carbons (Fsp3) is 0.625. The molecule has 2 fully saturated rings. The van der Waals surface area contributed by atoms with E-state index >= 15 is 0 Å². The van der Waals surface area contributed by atoms with Crippen LogP contribution in [0.25, 0.3) is 0 Å². The molecule has 1 spiro atoms. The van der Waals surface area contributed by atoms with Gasteiger partial charge >= 0.3 is 35.5 Å². The van der Waals surface area contributed by atoms with Crippen LogP contribution in [0.2, 0.25) is 0 Å². The minimum atomic E-state index is -0.821. The van der Waals surface area contributed by atoms with Gasteiger partial charge in [0.2, 0.25) is 0 Å². The Balaban J connectivity index is 0.00000210. The number of aliphatic carboxylic acids is 1.